The number of rotatable bonds is 3. The quantitative estimate of drug-likeness (QED) is 0.787. The Hall–Kier alpha value is -1.22. The predicted molar refractivity (Wildman–Crippen MR) is 55.9 cm³/mol. The van der Waals surface area contributed by atoms with Crippen LogP contribution in [0.1, 0.15) is 6.92 Å². The highest BCUT2D eigenvalue weighted by Crippen LogP contribution is 2.22. The van der Waals surface area contributed by atoms with Crippen molar-refractivity contribution < 1.29 is 9.13 Å². The van der Waals surface area contributed by atoms with Gasteiger partial charge in [0.25, 0.3) is 0 Å². The van der Waals surface area contributed by atoms with Gasteiger partial charge in [-0.1, -0.05) is 11.6 Å². The minimum atomic E-state index is -0.373. The number of ether oxygens (including phenoxy) is 1. The van der Waals surface area contributed by atoms with E-state index in [1.54, 1.807) is 0 Å². The Balaban J connectivity index is 2.71. The first-order chi connectivity index (χ1) is 6.63. The van der Waals surface area contributed by atoms with E-state index < -0.39 is 0 Å². The Bertz CT molecular complexity index is 352. The Morgan fingerprint density at radius 1 is 1.64 bits per heavy atom. The fourth-order valence-electron chi connectivity index (χ4n) is 0.856. The maximum Gasteiger partial charge on any atom is 0.145 e. The summed E-state index contributed by atoms with van der Waals surface area (Å²) in [5, 5.41) is 0. The summed E-state index contributed by atoms with van der Waals surface area (Å²) in [7, 11) is 0. The SMILES string of the molecule is C/C(=C/Cl)COc1cc(F)ccc1N. The number of hydrogen-bond acceptors (Lipinski definition) is 2. The molecular weight excluding hydrogens is 205 g/mol. The van der Waals surface area contributed by atoms with E-state index >= 15 is 0 Å². The van der Waals surface area contributed by atoms with Gasteiger partial charge in [-0.3, -0.25) is 0 Å². The minimum Gasteiger partial charge on any atom is -0.487 e. The minimum absolute atomic E-state index is 0.303. The average molecular weight is 216 g/mol. The summed E-state index contributed by atoms with van der Waals surface area (Å²) in [5.41, 5.74) is 8.24. The van der Waals surface area contributed by atoms with Crippen LogP contribution >= 0.6 is 11.6 Å². The second kappa shape index (κ2) is 4.86. The molecule has 0 amide bonds. The van der Waals surface area contributed by atoms with Crippen molar-refractivity contribution in [1.29, 1.82) is 0 Å². The molecule has 76 valence electrons. The van der Waals surface area contributed by atoms with Crippen LogP contribution in [0.4, 0.5) is 10.1 Å². The first-order valence-electron chi connectivity index (χ1n) is 4.07. The first-order valence-corrected chi connectivity index (χ1v) is 4.51. The molecule has 0 aliphatic heterocycles. The summed E-state index contributed by atoms with van der Waals surface area (Å²) in [6, 6.07) is 3.99. The number of halogens is 2. The second-order valence-corrected chi connectivity index (χ2v) is 3.14. The smallest absolute Gasteiger partial charge is 0.145 e. The standard InChI is InChI=1S/C10H11ClFNO/c1-7(5-11)6-14-10-4-8(12)2-3-9(10)13/h2-5H,6,13H2,1H3/b7-5-. The molecule has 1 aromatic rings. The van der Waals surface area contributed by atoms with Crippen molar-refractivity contribution in [3.63, 3.8) is 0 Å². The van der Waals surface area contributed by atoms with Crippen LogP contribution in [0.15, 0.2) is 29.3 Å². The third-order valence-electron chi connectivity index (χ3n) is 1.62. The fourth-order valence-corrected chi connectivity index (χ4v) is 0.919. The van der Waals surface area contributed by atoms with Gasteiger partial charge in [0.05, 0.1) is 5.69 Å². The molecular formula is C10H11ClFNO. The molecule has 0 aliphatic rings. The van der Waals surface area contributed by atoms with Crippen molar-refractivity contribution in [2.24, 2.45) is 0 Å². The van der Waals surface area contributed by atoms with E-state index in [-0.39, 0.29) is 5.82 Å². The molecule has 0 bridgehead atoms. The van der Waals surface area contributed by atoms with E-state index in [0.717, 1.165) is 5.57 Å². The zero-order chi connectivity index (χ0) is 10.6. The summed E-state index contributed by atoms with van der Waals surface area (Å²) in [5.74, 6) is -0.0374. The molecule has 1 rings (SSSR count). The summed E-state index contributed by atoms with van der Waals surface area (Å²) in [6.07, 6.45) is 0. The van der Waals surface area contributed by atoms with Gasteiger partial charge in [-0.05, 0) is 24.6 Å². The lowest BCUT2D eigenvalue weighted by molar-refractivity contribution is 0.352. The van der Waals surface area contributed by atoms with Crippen molar-refractivity contribution in [3.8, 4) is 5.75 Å². The van der Waals surface area contributed by atoms with Gasteiger partial charge in [0.2, 0.25) is 0 Å². The largest absolute Gasteiger partial charge is 0.487 e. The average Bonchev–Trinajstić information content (AvgIpc) is 2.19. The molecule has 0 saturated heterocycles. The van der Waals surface area contributed by atoms with Gasteiger partial charge in [0, 0.05) is 11.6 Å². The van der Waals surface area contributed by atoms with Gasteiger partial charge < -0.3 is 10.5 Å². The molecule has 0 atom stereocenters. The highest BCUT2D eigenvalue weighted by Gasteiger charge is 2.02. The molecule has 14 heavy (non-hydrogen) atoms. The van der Waals surface area contributed by atoms with Crippen LogP contribution in [0, 0.1) is 5.82 Å². The van der Waals surface area contributed by atoms with Gasteiger partial charge >= 0.3 is 0 Å². The maximum absolute atomic E-state index is 12.8. The molecule has 0 spiro atoms. The zero-order valence-electron chi connectivity index (χ0n) is 7.76. The van der Waals surface area contributed by atoms with E-state index in [4.69, 9.17) is 22.1 Å². The zero-order valence-corrected chi connectivity index (χ0v) is 8.51. The van der Waals surface area contributed by atoms with Gasteiger partial charge in [0.1, 0.15) is 18.2 Å². The molecule has 0 fully saturated rings. The second-order valence-electron chi connectivity index (χ2n) is 2.93. The molecule has 0 aliphatic carbocycles. The van der Waals surface area contributed by atoms with E-state index in [2.05, 4.69) is 0 Å². The lowest BCUT2D eigenvalue weighted by Gasteiger charge is -2.08. The molecule has 0 heterocycles. The van der Waals surface area contributed by atoms with Crippen LogP contribution in [0.25, 0.3) is 0 Å². The Morgan fingerprint density at radius 2 is 2.36 bits per heavy atom. The fraction of sp³-hybridized carbons (Fsp3) is 0.200. The van der Waals surface area contributed by atoms with Gasteiger partial charge in [-0.25, -0.2) is 4.39 Å². The highest BCUT2D eigenvalue weighted by atomic mass is 35.5. The van der Waals surface area contributed by atoms with Crippen LogP contribution in [0.2, 0.25) is 0 Å². The predicted octanol–water partition coefficient (Wildman–Crippen LogP) is 2.93. The number of nitrogens with two attached hydrogens (primary N) is 1. The van der Waals surface area contributed by atoms with Crippen LogP contribution in [0.5, 0.6) is 5.75 Å². The van der Waals surface area contributed by atoms with Gasteiger partial charge in [-0.2, -0.15) is 0 Å². The third-order valence-corrected chi connectivity index (χ3v) is 1.99. The highest BCUT2D eigenvalue weighted by molar-refractivity contribution is 6.25. The molecule has 0 unspecified atom stereocenters. The van der Waals surface area contributed by atoms with Crippen molar-refractivity contribution in [2.45, 2.75) is 6.92 Å². The monoisotopic (exact) mass is 215 g/mol. The van der Waals surface area contributed by atoms with E-state index in [0.29, 0.717) is 18.0 Å². The summed E-state index contributed by atoms with van der Waals surface area (Å²) in [4.78, 5) is 0. The van der Waals surface area contributed by atoms with Crippen molar-refractivity contribution in [2.75, 3.05) is 12.3 Å². The van der Waals surface area contributed by atoms with Gasteiger partial charge in [0.15, 0.2) is 0 Å². The number of hydrogen-bond donors (Lipinski definition) is 1. The van der Waals surface area contributed by atoms with Crippen LogP contribution in [0.3, 0.4) is 0 Å². The molecule has 2 N–H and O–H groups in total. The molecule has 2 nitrogen and oxygen atoms in total. The van der Waals surface area contributed by atoms with E-state index in [1.165, 1.54) is 23.7 Å². The molecule has 1 aromatic carbocycles. The van der Waals surface area contributed by atoms with Crippen LogP contribution < -0.4 is 10.5 Å². The number of nitrogen functional groups attached to an aromatic ring is 1. The summed E-state index contributed by atoms with van der Waals surface area (Å²) < 4.78 is 18.0. The van der Waals surface area contributed by atoms with Crippen molar-refractivity contribution in [1.82, 2.24) is 0 Å². The topological polar surface area (TPSA) is 35.2 Å². The number of anilines is 1. The Kier molecular flexibility index (Phi) is 3.77. The van der Waals surface area contributed by atoms with Crippen LogP contribution in [-0.2, 0) is 0 Å². The van der Waals surface area contributed by atoms with Gasteiger partial charge in [-0.15, -0.1) is 0 Å². The van der Waals surface area contributed by atoms with E-state index in [9.17, 15) is 4.39 Å². The first kappa shape index (κ1) is 10.9. The number of benzene rings is 1. The lowest BCUT2D eigenvalue weighted by atomic mass is 10.3. The van der Waals surface area contributed by atoms with Crippen LogP contribution in [-0.4, -0.2) is 6.61 Å². The Labute approximate surface area is 87.1 Å². The third kappa shape index (κ3) is 2.92. The molecule has 0 aromatic heterocycles. The maximum atomic E-state index is 12.8. The molecule has 0 radical (unpaired) electrons. The molecule has 0 saturated carbocycles. The summed E-state index contributed by atoms with van der Waals surface area (Å²) in [6.45, 7) is 2.11. The van der Waals surface area contributed by atoms with E-state index in [1.807, 2.05) is 6.92 Å². The Morgan fingerprint density at radius 3 is 3.00 bits per heavy atom. The van der Waals surface area contributed by atoms with Crippen molar-refractivity contribution >= 4 is 17.3 Å². The van der Waals surface area contributed by atoms with Crippen molar-refractivity contribution in [3.05, 3.63) is 35.1 Å². The lowest BCUT2D eigenvalue weighted by Crippen LogP contribution is -2.01. The summed E-state index contributed by atoms with van der Waals surface area (Å²) >= 11 is 5.44. The molecule has 4 heteroatoms. The normalized spacial score (nSPS) is 11.5.